The second-order valence-electron chi connectivity index (χ2n) is 10.1. The standard InChI is InChI=1S/C33H38F4O5/c1-23(2)31(38)40-19-11-7-5-9-13-25-15-17-27(18-16-25)42-33(36,37)30-28(34)21-26(22-29(30)35)14-10-6-8-12-20-41-32(39)24(3)4/h11,15-19,21-22H,1,3,5-10,12-14,20H2,2,4H3/b19-11+. The molecule has 228 valence electrons. The Bertz CT molecular complexity index is 1230. The predicted octanol–water partition coefficient (Wildman–Crippen LogP) is 8.66. The molecule has 0 saturated carbocycles. The third kappa shape index (κ3) is 11.9. The summed E-state index contributed by atoms with van der Waals surface area (Å²) in [4.78, 5) is 22.6. The number of rotatable bonds is 18. The molecule has 0 radical (unpaired) electrons. The summed E-state index contributed by atoms with van der Waals surface area (Å²) < 4.78 is 73.4. The highest BCUT2D eigenvalue weighted by molar-refractivity contribution is 5.87. The molecule has 5 nitrogen and oxygen atoms in total. The van der Waals surface area contributed by atoms with E-state index in [0.717, 1.165) is 43.4 Å². The second kappa shape index (κ2) is 17.2. The Morgan fingerprint density at radius 1 is 0.810 bits per heavy atom. The SMILES string of the molecule is C=C(C)C(=O)O/C=C/CCCCc1ccc(OC(F)(F)c2c(F)cc(CCCCCCOC(=O)C(=C)C)cc2F)cc1. The van der Waals surface area contributed by atoms with Crippen LogP contribution in [0.5, 0.6) is 5.75 Å². The van der Waals surface area contributed by atoms with Gasteiger partial charge in [0.1, 0.15) is 22.9 Å². The fourth-order valence-corrected chi connectivity index (χ4v) is 3.91. The first-order chi connectivity index (χ1) is 19.9. The van der Waals surface area contributed by atoms with Crippen LogP contribution in [0.2, 0.25) is 0 Å². The fourth-order valence-electron chi connectivity index (χ4n) is 3.91. The summed E-state index contributed by atoms with van der Waals surface area (Å²) in [5.41, 5.74) is 0.362. The molecule has 0 atom stereocenters. The molecule has 0 aromatic heterocycles. The van der Waals surface area contributed by atoms with Crippen LogP contribution in [-0.2, 0) is 38.0 Å². The van der Waals surface area contributed by atoms with Crippen molar-refractivity contribution in [3.63, 3.8) is 0 Å². The normalized spacial score (nSPS) is 11.4. The van der Waals surface area contributed by atoms with E-state index < -0.39 is 35.2 Å². The summed E-state index contributed by atoms with van der Waals surface area (Å²) in [5.74, 6) is -3.90. The minimum Gasteiger partial charge on any atom is -0.462 e. The van der Waals surface area contributed by atoms with Gasteiger partial charge in [-0.05, 0) is 100 Å². The first-order valence-electron chi connectivity index (χ1n) is 13.9. The van der Waals surface area contributed by atoms with Gasteiger partial charge in [-0.3, -0.25) is 0 Å². The Morgan fingerprint density at radius 2 is 1.38 bits per heavy atom. The molecule has 0 aliphatic rings. The molecule has 0 spiro atoms. The molecule has 0 bridgehead atoms. The van der Waals surface area contributed by atoms with Gasteiger partial charge in [0.05, 0.1) is 12.9 Å². The van der Waals surface area contributed by atoms with E-state index >= 15 is 0 Å². The van der Waals surface area contributed by atoms with Crippen LogP contribution >= 0.6 is 0 Å². The summed E-state index contributed by atoms with van der Waals surface area (Å²) in [6.07, 6.45) is 4.86. The van der Waals surface area contributed by atoms with Crippen molar-refractivity contribution >= 4 is 11.9 Å². The van der Waals surface area contributed by atoms with E-state index in [1.54, 1.807) is 32.1 Å². The monoisotopic (exact) mass is 590 g/mol. The lowest BCUT2D eigenvalue weighted by Gasteiger charge is -2.20. The number of esters is 2. The minimum atomic E-state index is -4.21. The highest BCUT2D eigenvalue weighted by atomic mass is 19.3. The first kappa shape index (κ1) is 34.3. The number of unbranched alkanes of at least 4 members (excludes halogenated alkanes) is 5. The number of ether oxygens (including phenoxy) is 3. The van der Waals surface area contributed by atoms with Gasteiger partial charge in [0, 0.05) is 11.1 Å². The molecule has 2 aromatic carbocycles. The molecule has 0 saturated heterocycles. The summed E-state index contributed by atoms with van der Waals surface area (Å²) >= 11 is 0. The van der Waals surface area contributed by atoms with Crippen LogP contribution in [0.15, 0.2) is 73.0 Å². The van der Waals surface area contributed by atoms with E-state index in [1.165, 1.54) is 18.4 Å². The summed E-state index contributed by atoms with van der Waals surface area (Å²) in [6, 6.07) is 7.74. The molecule has 42 heavy (non-hydrogen) atoms. The lowest BCUT2D eigenvalue weighted by molar-refractivity contribution is -0.189. The Kier molecular flexibility index (Phi) is 14.0. The number of alkyl halides is 2. The summed E-state index contributed by atoms with van der Waals surface area (Å²) in [6.45, 7) is 10.4. The molecular formula is C33H38F4O5. The number of carbonyl (C=O) groups excluding carboxylic acids is 2. The Labute approximate surface area is 244 Å². The molecule has 0 unspecified atom stereocenters. The smallest absolute Gasteiger partial charge is 0.432 e. The molecule has 0 aliphatic heterocycles. The highest BCUT2D eigenvalue weighted by Crippen LogP contribution is 2.35. The maximum absolute atomic E-state index is 14.8. The molecular weight excluding hydrogens is 552 g/mol. The number of carbonyl (C=O) groups is 2. The first-order valence-corrected chi connectivity index (χ1v) is 13.9. The van der Waals surface area contributed by atoms with Crippen molar-refractivity contribution in [1.82, 2.24) is 0 Å². The molecule has 0 heterocycles. The van der Waals surface area contributed by atoms with Crippen LogP contribution in [0.1, 0.15) is 75.5 Å². The molecule has 9 heteroatoms. The number of aryl methyl sites for hydroxylation is 2. The zero-order valence-electron chi connectivity index (χ0n) is 24.2. The van der Waals surface area contributed by atoms with E-state index in [1.807, 2.05) is 0 Å². The van der Waals surface area contributed by atoms with Crippen LogP contribution in [0, 0.1) is 11.6 Å². The van der Waals surface area contributed by atoms with Gasteiger partial charge in [-0.15, -0.1) is 0 Å². The van der Waals surface area contributed by atoms with Gasteiger partial charge in [-0.25, -0.2) is 18.4 Å². The van der Waals surface area contributed by atoms with E-state index in [0.29, 0.717) is 43.3 Å². The van der Waals surface area contributed by atoms with Gasteiger partial charge >= 0.3 is 18.0 Å². The molecule has 2 aromatic rings. The maximum atomic E-state index is 14.8. The number of hydrogen-bond acceptors (Lipinski definition) is 5. The maximum Gasteiger partial charge on any atom is 0.432 e. The van der Waals surface area contributed by atoms with Crippen LogP contribution in [0.25, 0.3) is 0 Å². The molecule has 2 rings (SSSR count). The topological polar surface area (TPSA) is 61.8 Å². The van der Waals surface area contributed by atoms with E-state index in [4.69, 9.17) is 14.2 Å². The van der Waals surface area contributed by atoms with Crippen LogP contribution < -0.4 is 4.74 Å². The lowest BCUT2D eigenvalue weighted by atomic mass is 10.0. The van der Waals surface area contributed by atoms with Crippen LogP contribution in [0.3, 0.4) is 0 Å². The largest absolute Gasteiger partial charge is 0.462 e. The lowest BCUT2D eigenvalue weighted by Crippen LogP contribution is -2.25. The third-order valence-electron chi connectivity index (χ3n) is 6.21. The molecule has 0 amide bonds. The minimum absolute atomic E-state index is 0.220. The van der Waals surface area contributed by atoms with E-state index in [2.05, 4.69) is 13.2 Å². The summed E-state index contributed by atoms with van der Waals surface area (Å²) in [5, 5.41) is 0. The molecule has 0 N–H and O–H groups in total. The van der Waals surface area contributed by atoms with Crippen LogP contribution in [-0.4, -0.2) is 18.5 Å². The van der Waals surface area contributed by atoms with Crippen molar-refractivity contribution in [2.45, 2.75) is 77.7 Å². The zero-order chi connectivity index (χ0) is 31.1. The zero-order valence-corrected chi connectivity index (χ0v) is 24.2. The molecule has 0 fully saturated rings. The Balaban J connectivity index is 1.81. The van der Waals surface area contributed by atoms with E-state index in [-0.39, 0.29) is 17.9 Å². The number of hydrogen-bond donors (Lipinski definition) is 0. The quantitative estimate of drug-likeness (QED) is 0.0572. The molecule has 0 aliphatic carbocycles. The number of benzene rings is 2. The van der Waals surface area contributed by atoms with Gasteiger partial charge in [-0.2, -0.15) is 8.78 Å². The van der Waals surface area contributed by atoms with Crippen molar-refractivity contribution in [3.05, 3.63) is 101 Å². The number of allylic oxidation sites excluding steroid dienone is 1. The highest BCUT2D eigenvalue weighted by Gasteiger charge is 2.41. The summed E-state index contributed by atoms with van der Waals surface area (Å²) in [7, 11) is 0. The van der Waals surface area contributed by atoms with E-state index in [9.17, 15) is 27.2 Å². The Morgan fingerprint density at radius 3 is 2.00 bits per heavy atom. The van der Waals surface area contributed by atoms with Gasteiger partial charge in [0.2, 0.25) is 0 Å². The van der Waals surface area contributed by atoms with Crippen molar-refractivity contribution in [1.29, 1.82) is 0 Å². The third-order valence-corrected chi connectivity index (χ3v) is 6.21. The van der Waals surface area contributed by atoms with Crippen LogP contribution in [0.4, 0.5) is 17.6 Å². The van der Waals surface area contributed by atoms with Crippen molar-refractivity contribution in [2.24, 2.45) is 0 Å². The second-order valence-corrected chi connectivity index (χ2v) is 10.1. The van der Waals surface area contributed by atoms with Gasteiger partial charge < -0.3 is 14.2 Å². The van der Waals surface area contributed by atoms with Crippen molar-refractivity contribution in [2.75, 3.05) is 6.61 Å². The predicted molar refractivity (Wildman–Crippen MR) is 153 cm³/mol. The number of halogens is 4. The van der Waals surface area contributed by atoms with Crippen molar-refractivity contribution < 1.29 is 41.4 Å². The van der Waals surface area contributed by atoms with Gasteiger partial charge in [-0.1, -0.05) is 38.1 Å². The average molecular weight is 591 g/mol. The van der Waals surface area contributed by atoms with Crippen molar-refractivity contribution in [3.8, 4) is 5.75 Å². The fraction of sp³-hybridized carbons (Fsp3) is 0.394. The average Bonchev–Trinajstić information content (AvgIpc) is 2.91. The van der Waals surface area contributed by atoms with Gasteiger partial charge in [0.25, 0.3) is 0 Å². The Hall–Kier alpha value is -3.88. The van der Waals surface area contributed by atoms with Gasteiger partial charge in [0.15, 0.2) is 0 Å².